The summed E-state index contributed by atoms with van der Waals surface area (Å²) in [5.41, 5.74) is 7.36. The van der Waals surface area contributed by atoms with Crippen LogP contribution in [-0.4, -0.2) is 6.04 Å². The molecule has 2 N–H and O–H groups in total. The van der Waals surface area contributed by atoms with Crippen LogP contribution in [0.5, 0.6) is 0 Å². The van der Waals surface area contributed by atoms with Crippen LogP contribution in [-0.2, 0) is 6.42 Å². The van der Waals surface area contributed by atoms with E-state index in [1.165, 1.54) is 0 Å². The van der Waals surface area contributed by atoms with Crippen molar-refractivity contribution in [1.29, 1.82) is 0 Å². The van der Waals surface area contributed by atoms with E-state index in [2.05, 4.69) is 20.8 Å². The Hall–Kier alpha value is -0.240. The fourth-order valence-corrected chi connectivity index (χ4v) is 1.88. The summed E-state index contributed by atoms with van der Waals surface area (Å²) in [5.74, 6) is 0. The zero-order valence-electron chi connectivity index (χ0n) is 10.1. The van der Waals surface area contributed by atoms with Gasteiger partial charge in [0.1, 0.15) is 0 Å². The van der Waals surface area contributed by atoms with Crippen molar-refractivity contribution in [1.82, 2.24) is 0 Å². The molecular weight excluding hydrogens is 241 g/mol. The maximum Gasteiger partial charge on any atom is 0.0624 e. The van der Waals surface area contributed by atoms with Gasteiger partial charge in [-0.2, -0.15) is 0 Å². The highest BCUT2D eigenvalue weighted by Gasteiger charge is 2.25. The number of hydrogen-bond donors (Lipinski definition) is 1. The minimum atomic E-state index is 0.0912. The van der Waals surface area contributed by atoms with E-state index >= 15 is 0 Å². The lowest BCUT2D eigenvalue weighted by molar-refractivity contribution is 0.273. The van der Waals surface area contributed by atoms with Gasteiger partial charge in [-0.25, -0.2) is 0 Å². The molecule has 0 heterocycles. The molecule has 0 radical (unpaired) electrons. The molecule has 0 aliphatic carbocycles. The predicted octanol–water partition coefficient (Wildman–Crippen LogP) is 4.30. The second-order valence-corrected chi connectivity index (χ2v) is 5.65. The molecule has 1 rings (SSSR count). The van der Waals surface area contributed by atoms with E-state index < -0.39 is 0 Å². The first-order valence-corrected chi connectivity index (χ1v) is 6.32. The van der Waals surface area contributed by atoms with Gasteiger partial charge < -0.3 is 5.73 Å². The SMILES string of the molecule is CCC(C)(C)C(N)Cc1cccc(Cl)c1Cl. The van der Waals surface area contributed by atoms with Crippen molar-refractivity contribution in [2.24, 2.45) is 11.1 Å². The third-order valence-electron chi connectivity index (χ3n) is 3.39. The van der Waals surface area contributed by atoms with E-state index in [1.807, 2.05) is 12.1 Å². The normalized spacial score (nSPS) is 13.9. The Morgan fingerprint density at radius 1 is 1.31 bits per heavy atom. The zero-order chi connectivity index (χ0) is 12.3. The van der Waals surface area contributed by atoms with Crippen molar-refractivity contribution < 1.29 is 0 Å². The van der Waals surface area contributed by atoms with Crippen molar-refractivity contribution >= 4 is 23.2 Å². The van der Waals surface area contributed by atoms with Crippen LogP contribution < -0.4 is 5.73 Å². The summed E-state index contributed by atoms with van der Waals surface area (Å²) in [5, 5.41) is 1.23. The Morgan fingerprint density at radius 3 is 2.50 bits per heavy atom. The second kappa shape index (κ2) is 5.39. The lowest BCUT2D eigenvalue weighted by Crippen LogP contribution is -2.38. The highest BCUT2D eigenvalue weighted by Crippen LogP contribution is 2.30. The highest BCUT2D eigenvalue weighted by molar-refractivity contribution is 6.42. The Balaban J connectivity index is 2.85. The summed E-state index contributed by atoms with van der Waals surface area (Å²) >= 11 is 12.1. The van der Waals surface area contributed by atoms with Crippen molar-refractivity contribution in [3.8, 4) is 0 Å². The largest absolute Gasteiger partial charge is 0.327 e. The summed E-state index contributed by atoms with van der Waals surface area (Å²) < 4.78 is 0. The average molecular weight is 260 g/mol. The van der Waals surface area contributed by atoms with Crippen LogP contribution in [0.4, 0.5) is 0 Å². The third-order valence-corrected chi connectivity index (χ3v) is 4.24. The third kappa shape index (κ3) is 3.13. The van der Waals surface area contributed by atoms with Gasteiger partial charge in [-0.1, -0.05) is 56.1 Å². The lowest BCUT2D eigenvalue weighted by Gasteiger charge is -2.30. The number of halogens is 2. The van der Waals surface area contributed by atoms with Crippen LogP contribution in [0.1, 0.15) is 32.8 Å². The molecule has 0 saturated heterocycles. The first kappa shape index (κ1) is 13.8. The van der Waals surface area contributed by atoms with E-state index in [4.69, 9.17) is 28.9 Å². The Kier molecular flexibility index (Phi) is 4.66. The number of benzene rings is 1. The molecule has 1 aromatic carbocycles. The Morgan fingerprint density at radius 2 is 1.94 bits per heavy atom. The molecule has 1 unspecified atom stereocenters. The van der Waals surface area contributed by atoms with Crippen molar-refractivity contribution in [3.63, 3.8) is 0 Å². The smallest absolute Gasteiger partial charge is 0.0624 e. The molecular formula is C13H19Cl2N. The molecule has 0 aliphatic rings. The van der Waals surface area contributed by atoms with Crippen LogP contribution in [0.15, 0.2) is 18.2 Å². The lowest BCUT2D eigenvalue weighted by atomic mass is 9.79. The minimum Gasteiger partial charge on any atom is -0.327 e. The summed E-state index contributed by atoms with van der Waals surface area (Å²) in [6.45, 7) is 6.51. The van der Waals surface area contributed by atoms with E-state index in [9.17, 15) is 0 Å². The minimum absolute atomic E-state index is 0.0912. The van der Waals surface area contributed by atoms with E-state index in [1.54, 1.807) is 6.07 Å². The standard InChI is InChI=1S/C13H19Cl2N/c1-4-13(2,3)11(16)8-9-6-5-7-10(14)12(9)15/h5-7,11H,4,8,16H2,1-3H3. The van der Waals surface area contributed by atoms with Gasteiger partial charge in [0.25, 0.3) is 0 Å². The van der Waals surface area contributed by atoms with Gasteiger partial charge in [0, 0.05) is 6.04 Å². The van der Waals surface area contributed by atoms with Gasteiger partial charge in [0.15, 0.2) is 0 Å². The molecule has 1 aromatic rings. The van der Waals surface area contributed by atoms with Crippen LogP contribution in [0.25, 0.3) is 0 Å². The van der Waals surface area contributed by atoms with Crippen LogP contribution in [0.2, 0.25) is 10.0 Å². The van der Waals surface area contributed by atoms with Gasteiger partial charge in [-0.15, -0.1) is 0 Å². The molecule has 0 amide bonds. The van der Waals surface area contributed by atoms with E-state index in [-0.39, 0.29) is 11.5 Å². The summed E-state index contributed by atoms with van der Waals surface area (Å²) in [6.07, 6.45) is 1.81. The van der Waals surface area contributed by atoms with Gasteiger partial charge >= 0.3 is 0 Å². The summed E-state index contributed by atoms with van der Waals surface area (Å²) in [4.78, 5) is 0. The van der Waals surface area contributed by atoms with Gasteiger partial charge in [-0.3, -0.25) is 0 Å². The number of nitrogens with two attached hydrogens (primary N) is 1. The molecule has 90 valence electrons. The van der Waals surface area contributed by atoms with Crippen LogP contribution >= 0.6 is 23.2 Å². The molecule has 3 heteroatoms. The molecule has 16 heavy (non-hydrogen) atoms. The second-order valence-electron chi connectivity index (χ2n) is 4.87. The molecule has 1 atom stereocenters. The summed E-state index contributed by atoms with van der Waals surface area (Å²) in [7, 11) is 0. The first-order chi connectivity index (χ1) is 7.38. The van der Waals surface area contributed by atoms with Crippen molar-refractivity contribution in [3.05, 3.63) is 33.8 Å². The maximum absolute atomic E-state index is 6.21. The van der Waals surface area contributed by atoms with E-state index in [0.717, 1.165) is 18.4 Å². The molecule has 1 nitrogen and oxygen atoms in total. The number of rotatable bonds is 4. The molecule has 0 bridgehead atoms. The quantitative estimate of drug-likeness (QED) is 0.858. The maximum atomic E-state index is 6.21. The Labute approximate surface area is 108 Å². The first-order valence-electron chi connectivity index (χ1n) is 5.57. The number of hydrogen-bond acceptors (Lipinski definition) is 1. The van der Waals surface area contributed by atoms with Crippen LogP contribution in [0, 0.1) is 5.41 Å². The highest BCUT2D eigenvalue weighted by atomic mass is 35.5. The predicted molar refractivity (Wildman–Crippen MR) is 72.2 cm³/mol. The monoisotopic (exact) mass is 259 g/mol. The molecule has 0 spiro atoms. The molecule has 0 fully saturated rings. The fraction of sp³-hybridized carbons (Fsp3) is 0.538. The van der Waals surface area contributed by atoms with Crippen molar-refractivity contribution in [2.45, 2.75) is 39.7 Å². The topological polar surface area (TPSA) is 26.0 Å². The zero-order valence-corrected chi connectivity index (χ0v) is 11.6. The molecule has 0 aliphatic heterocycles. The molecule has 0 aromatic heterocycles. The van der Waals surface area contributed by atoms with Gasteiger partial charge in [0.05, 0.1) is 10.0 Å². The summed E-state index contributed by atoms with van der Waals surface area (Å²) in [6, 6.07) is 5.78. The fourth-order valence-electron chi connectivity index (χ4n) is 1.48. The van der Waals surface area contributed by atoms with E-state index in [0.29, 0.717) is 10.0 Å². The average Bonchev–Trinajstić information content (AvgIpc) is 2.24. The van der Waals surface area contributed by atoms with Crippen LogP contribution in [0.3, 0.4) is 0 Å². The molecule has 0 saturated carbocycles. The van der Waals surface area contributed by atoms with Crippen molar-refractivity contribution in [2.75, 3.05) is 0 Å². The Bertz CT molecular complexity index is 361. The van der Waals surface area contributed by atoms with Gasteiger partial charge in [-0.05, 0) is 29.9 Å². The van der Waals surface area contributed by atoms with Gasteiger partial charge in [0.2, 0.25) is 0 Å².